The third-order valence-corrected chi connectivity index (χ3v) is 3.84. The molecule has 0 aliphatic carbocycles. The van der Waals surface area contributed by atoms with Crippen molar-refractivity contribution in [2.45, 2.75) is 18.6 Å². The van der Waals surface area contributed by atoms with Crippen LogP contribution >= 0.6 is 0 Å². The van der Waals surface area contributed by atoms with E-state index in [9.17, 15) is 13.2 Å². The number of rotatable bonds is 5. The van der Waals surface area contributed by atoms with E-state index in [1.807, 2.05) is 0 Å². The van der Waals surface area contributed by atoms with Crippen LogP contribution in [0.15, 0.2) is 18.3 Å². The van der Waals surface area contributed by atoms with Crippen molar-refractivity contribution in [3.05, 3.63) is 24.0 Å². The molecule has 0 amide bonds. The Balaban J connectivity index is 3.02. The lowest BCUT2D eigenvalue weighted by atomic mass is 10.3. The topological polar surface area (TPSA) is 120 Å². The van der Waals surface area contributed by atoms with Crippen molar-refractivity contribution in [1.29, 1.82) is 5.26 Å². The number of hydrogen-bond donors (Lipinski definition) is 2. The van der Waals surface area contributed by atoms with Crippen LogP contribution in [-0.4, -0.2) is 29.7 Å². The number of aromatic nitrogens is 1. The van der Waals surface area contributed by atoms with Crippen LogP contribution in [0.5, 0.6) is 0 Å². The van der Waals surface area contributed by atoms with Crippen LogP contribution in [0.4, 0.5) is 5.69 Å². The highest BCUT2D eigenvalue weighted by Gasteiger charge is 2.23. The van der Waals surface area contributed by atoms with Crippen molar-refractivity contribution in [1.82, 2.24) is 4.98 Å². The number of anilines is 1. The fourth-order valence-electron chi connectivity index (χ4n) is 1.23. The minimum Gasteiger partial charge on any atom is -0.477 e. The Morgan fingerprint density at radius 3 is 2.83 bits per heavy atom. The van der Waals surface area contributed by atoms with Gasteiger partial charge in [0.15, 0.2) is 5.25 Å². The summed E-state index contributed by atoms with van der Waals surface area (Å²) in [5.74, 6) is -1.26. The van der Waals surface area contributed by atoms with Gasteiger partial charge in [-0.05, 0) is 18.6 Å². The number of aromatic carboxylic acids is 1. The minimum atomic E-state index is -3.85. The van der Waals surface area contributed by atoms with E-state index < -0.39 is 21.2 Å². The Morgan fingerprint density at radius 1 is 1.67 bits per heavy atom. The van der Waals surface area contributed by atoms with Crippen molar-refractivity contribution in [3.63, 3.8) is 0 Å². The molecule has 1 heterocycles. The number of pyridine rings is 1. The molecule has 18 heavy (non-hydrogen) atoms. The molecule has 0 aliphatic rings. The van der Waals surface area contributed by atoms with Gasteiger partial charge in [-0.1, -0.05) is 6.92 Å². The van der Waals surface area contributed by atoms with Gasteiger partial charge >= 0.3 is 5.97 Å². The van der Waals surface area contributed by atoms with E-state index in [0.29, 0.717) is 0 Å². The second-order valence-corrected chi connectivity index (χ2v) is 5.27. The highest BCUT2D eigenvalue weighted by molar-refractivity contribution is 7.93. The summed E-state index contributed by atoms with van der Waals surface area (Å²) < 4.78 is 25.6. The van der Waals surface area contributed by atoms with Gasteiger partial charge in [-0.15, -0.1) is 0 Å². The standard InChI is InChI=1S/C10H11N3O4S/c1-2-8(6-11)18(16,17)13-7-3-4-12-9(5-7)10(14)15/h3-5,8H,2H2,1H3,(H,12,13)(H,14,15). The summed E-state index contributed by atoms with van der Waals surface area (Å²) in [6, 6.07) is 4.07. The van der Waals surface area contributed by atoms with E-state index in [2.05, 4.69) is 9.71 Å². The number of hydrogen-bond acceptors (Lipinski definition) is 5. The lowest BCUT2D eigenvalue weighted by molar-refractivity contribution is 0.0690. The van der Waals surface area contributed by atoms with Crippen LogP contribution in [0, 0.1) is 11.3 Å². The molecule has 2 N–H and O–H groups in total. The molecule has 0 saturated heterocycles. The van der Waals surface area contributed by atoms with Crippen LogP contribution < -0.4 is 4.72 Å². The smallest absolute Gasteiger partial charge is 0.354 e. The third-order valence-electron chi connectivity index (χ3n) is 2.13. The fourth-order valence-corrected chi connectivity index (χ4v) is 2.40. The number of nitriles is 1. The number of carbonyl (C=O) groups is 1. The first-order valence-electron chi connectivity index (χ1n) is 5.01. The van der Waals surface area contributed by atoms with Crippen LogP contribution in [0.3, 0.4) is 0 Å². The fraction of sp³-hybridized carbons (Fsp3) is 0.300. The first-order chi connectivity index (χ1) is 8.40. The molecule has 0 radical (unpaired) electrons. The normalized spacial score (nSPS) is 12.4. The maximum absolute atomic E-state index is 11.7. The van der Waals surface area contributed by atoms with Gasteiger partial charge in [-0.2, -0.15) is 5.26 Å². The quantitative estimate of drug-likeness (QED) is 0.816. The SMILES string of the molecule is CCC(C#N)S(=O)(=O)Nc1ccnc(C(=O)O)c1. The molecule has 8 heteroatoms. The second-order valence-electron chi connectivity index (χ2n) is 3.41. The Morgan fingerprint density at radius 2 is 2.33 bits per heavy atom. The maximum Gasteiger partial charge on any atom is 0.354 e. The van der Waals surface area contributed by atoms with Crippen LogP contribution in [0.2, 0.25) is 0 Å². The summed E-state index contributed by atoms with van der Waals surface area (Å²) in [6.45, 7) is 1.57. The van der Waals surface area contributed by atoms with Gasteiger partial charge in [-0.3, -0.25) is 4.72 Å². The molecule has 0 spiro atoms. The molecule has 1 unspecified atom stereocenters. The van der Waals surface area contributed by atoms with E-state index in [1.165, 1.54) is 12.3 Å². The molecule has 0 aliphatic heterocycles. The van der Waals surface area contributed by atoms with Gasteiger partial charge < -0.3 is 5.11 Å². The van der Waals surface area contributed by atoms with Gasteiger partial charge in [0, 0.05) is 6.20 Å². The zero-order valence-corrected chi connectivity index (χ0v) is 10.3. The van der Waals surface area contributed by atoms with Crippen LogP contribution in [0.25, 0.3) is 0 Å². The molecular weight excluding hydrogens is 258 g/mol. The minimum absolute atomic E-state index is 0.0658. The first kappa shape index (κ1) is 13.9. The molecule has 1 rings (SSSR count). The van der Waals surface area contributed by atoms with E-state index in [1.54, 1.807) is 13.0 Å². The predicted octanol–water partition coefficient (Wildman–Crippen LogP) is 0.824. The van der Waals surface area contributed by atoms with E-state index in [-0.39, 0.29) is 17.8 Å². The molecule has 7 nitrogen and oxygen atoms in total. The van der Waals surface area contributed by atoms with Crippen LogP contribution in [-0.2, 0) is 10.0 Å². The average molecular weight is 269 g/mol. The van der Waals surface area contributed by atoms with Crippen molar-refractivity contribution < 1.29 is 18.3 Å². The van der Waals surface area contributed by atoms with E-state index >= 15 is 0 Å². The summed E-state index contributed by atoms with van der Waals surface area (Å²) >= 11 is 0. The molecule has 1 aromatic heterocycles. The molecule has 96 valence electrons. The first-order valence-corrected chi connectivity index (χ1v) is 6.56. The van der Waals surface area contributed by atoms with Gasteiger partial charge in [-0.25, -0.2) is 18.2 Å². The molecule has 0 fully saturated rings. The van der Waals surface area contributed by atoms with Crippen molar-refractivity contribution in [2.75, 3.05) is 4.72 Å². The predicted molar refractivity (Wildman–Crippen MR) is 63.4 cm³/mol. The molecule has 0 bridgehead atoms. The highest BCUT2D eigenvalue weighted by atomic mass is 32.2. The van der Waals surface area contributed by atoms with Crippen LogP contribution in [0.1, 0.15) is 23.8 Å². The summed E-state index contributed by atoms with van der Waals surface area (Å²) in [4.78, 5) is 14.2. The maximum atomic E-state index is 11.7. The Labute approximate surface area is 104 Å². The summed E-state index contributed by atoms with van der Waals surface area (Å²) in [6.07, 6.45) is 1.32. The molecule has 0 aromatic carbocycles. The second kappa shape index (κ2) is 5.46. The van der Waals surface area contributed by atoms with Crippen molar-refractivity contribution in [3.8, 4) is 6.07 Å². The summed E-state index contributed by atoms with van der Waals surface area (Å²) in [5.41, 5.74) is -0.212. The van der Waals surface area contributed by atoms with Gasteiger partial charge in [0.1, 0.15) is 5.69 Å². The molecule has 1 aromatic rings. The zero-order chi connectivity index (χ0) is 13.8. The highest BCUT2D eigenvalue weighted by Crippen LogP contribution is 2.14. The van der Waals surface area contributed by atoms with Crippen molar-refractivity contribution in [2.24, 2.45) is 0 Å². The monoisotopic (exact) mass is 269 g/mol. The number of carboxylic acids is 1. The van der Waals surface area contributed by atoms with E-state index in [0.717, 1.165) is 6.07 Å². The van der Waals surface area contributed by atoms with Crippen molar-refractivity contribution >= 4 is 21.7 Å². The van der Waals surface area contributed by atoms with Gasteiger partial charge in [0.25, 0.3) is 0 Å². The Hall–Kier alpha value is -2.14. The average Bonchev–Trinajstić information content (AvgIpc) is 2.29. The lowest BCUT2D eigenvalue weighted by Crippen LogP contribution is -2.26. The lowest BCUT2D eigenvalue weighted by Gasteiger charge is -2.11. The molecule has 0 saturated carbocycles. The summed E-state index contributed by atoms with van der Waals surface area (Å²) in [7, 11) is -3.85. The Bertz CT molecular complexity index is 591. The van der Waals surface area contributed by atoms with Gasteiger partial charge in [0.05, 0.1) is 11.8 Å². The van der Waals surface area contributed by atoms with Gasteiger partial charge in [0.2, 0.25) is 10.0 Å². The third kappa shape index (κ3) is 3.18. The molecular formula is C10H11N3O4S. The number of carboxylic acid groups (broad SMARTS) is 1. The number of sulfonamides is 1. The zero-order valence-electron chi connectivity index (χ0n) is 9.49. The number of nitrogens with zero attached hydrogens (tertiary/aromatic N) is 2. The van der Waals surface area contributed by atoms with E-state index in [4.69, 9.17) is 10.4 Å². The largest absolute Gasteiger partial charge is 0.477 e. The Kier molecular flexibility index (Phi) is 4.23. The number of nitrogens with one attached hydrogen (secondary N) is 1. The summed E-state index contributed by atoms with van der Waals surface area (Å²) in [5, 5.41) is 16.2. The molecule has 1 atom stereocenters.